The highest BCUT2D eigenvalue weighted by Crippen LogP contribution is 2.10. The number of ether oxygens (including phenoxy) is 2. The van der Waals surface area contributed by atoms with E-state index >= 15 is 0 Å². The zero-order valence-electron chi connectivity index (χ0n) is 19.3. The van der Waals surface area contributed by atoms with Gasteiger partial charge >= 0.3 is 18.0 Å². The molecule has 32 heavy (non-hydrogen) atoms. The number of benzene rings is 1. The highest BCUT2D eigenvalue weighted by molar-refractivity contribution is 5.91. The maximum atomic E-state index is 12.8. The van der Waals surface area contributed by atoms with Gasteiger partial charge in [-0.2, -0.15) is 0 Å². The van der Waals surface area contributed by atoms with Crippen LogP contribution in [0.25, 0.3) is 0 Å². The van der Waals surface area contributed by atoms with E-state index in [4.69, 9.17) is 14.6 Å². The third-order valence-corrected chi connectivity index (χ3v) is 4.17. The van der Waals surface area contributed by atoms with E-state index in [0.717, 1.165) is 5.56 Å². The number of carboxylic acid groups (broad SMARTS) is 1. The summed E-state index contributed by atoms with van der Waals surface area (Å²) in [4.78, 5) is 48.6. The molecule has 0 aliphatic rings. The number of carbonyl (C=O) groups is 4. The van der Waals surface area contributed by atoms with E-state index in [1.165, 1.54) is 0 Å². The van der Waals surface area contributed by atoms with Gasteiger partial charge in [0.2, 0.25) is 5.91 Å². The fourth-order valence-electron chi connectivity index (χ4n) is 2.81. The van der Waals surface area contributed by atoms with Crippen LogP contribution in [0.5, 0.6) is 0 Å². The molecule has 0 spiro atoms. The number of nitrogens with one attached hydrogen (secondary N) is 2. The standard InChI is InChI=1S/C23H34N2O7/c1-15(2)13-17(25-22(30)32-23(3,4)5)20(28)24-18(14-19(26)27)21(29)31-12-11-16-9-7-6-8-10-16/h6-10,15,17-18H,11-14H2,1-5H3,(H,24,28)(H,25,30)(H,26,27)/t17-,18-/m0/s1. The smallest absolute Gasteiger partial charge is 0.408 e. The van der Waals surface area contributed by atoms with E-state index in [-0.39, 0.29) is 18.9 Å². The number of rotatable bonds is 11. The third-order valence-electron chi connectivity index (χ3n) is 4.17. The van der Waals surface area contributed by atoms with Crippen molar-refractivity contribution in [2.45, 2.75) is 71.6 Å². The monoisotopic (exact) mass is 450 g/mol. The Morgan fingerprint density at radius 3 is 2.16 bits per heavy atom. The third kappa shape index (κ3) is 11.3. The van der Waals surface area contributed by atoms with Crippen molar-refractivity contribution in [1.29, 1.82) is 0 Å². The second-order valence-electron chi connectivity index (χ2n) is 8.89. The number of alkyl carbamates (subject to hydrolysis) is 1. The summed E-state index contributed by atoms with van der Waals surface area (Å²) < 4.78 is 10.4. The second kappa shape index (κ2) is 12.7. The molecule has 0 aromatic heterocycles. The molecule has 1 rings (SSSR count). The highest BCUT2D eigenvalue weighted by atomic mass is 16.6. The fourth-order valence-corrected chi connectivity index (χ4v) is 2.81. The van der Waals surface area contributed by atoms with Gasteiger partial charge in [-0.1, -0.05) is 44.2 Å². The first-order chi connectivity index (χ1) is 14.9. The molecule has 0 saturated heterocycles. The summed E-state index contributed by atoms with van der Waals surface area (Å²) in [6.07, 6.45) is -0.695. The van der Waals surface area contributed by atoms with Gasteiger partial charge in [0.1, 0.15) is 17.7 Å². The number of aliphatic carboxylic acids is 1. The predicted octanol–water partition coefficient (Wildman–Crippen LogP) is 2.67. The summed E-state index contributed by atoms with van der Waals surface area (Å²) >= 11 is 0. The topological polar surface area (TPSA) is 131 Å². The minimum atomic E-state index is -1.38. The Hall–Kier alpha value is -3.10. The second-order valence-corrected chi connectivity index (χ2v) is 8.89. The molecule has 1 aromatic carbocycles. The molecule has 2 amide bonds. The maximum absolute atomic E-state index is 12.8. The Morgan fingerprint density at radius 2 is 1.62 bits per heavy atom. The van der Waals surface area contributed by atoms with Crippen LogP contribution in [0.1, 0.15) is 53.0 Å². The molecule has 0 fully saturated rings. The van der Waals surface area contributed by atoms with Crippen molar-refractivity contribution in [3.63, 3.8) is 0 Å². The molecule has 9 nitrogen and oxygen atoms in total. The molecule has 0 radical (unpaired) electrons. The van der Waals surface area contributed by atoms with Crippen LogP contribution in [0, 0.1) is 5.92 Å². The molecule has 9 heteroatoms. The minimum absolute atomic E-state index is 0.0384. The van der Waals surface area contributed by atoms with E-state index in [1.807, 2.05) is 44.2 Å². The van der Waals surface area contributed by atoms with Crippen LogP contribution in [0.4, 0.5) is 4.79 Å². The van der Waals surface area contributed by atoms with Crippen LogP contribution in [-0.4, -0.2) is 53.3 Å². The largest absolute Gasteiger partial charge is 0.481 e. The molecule has 0 saturated carbocycles. The quantitative estimate of drug-likeness (QED) is 0.442. The Kier molecular flexibility index (Phi) is 10.7. The zero-order chi connectivity index (χ0) is 24.3. The molecule has 178 valence electrons. The predicted molar refractivity (Wildman–Crippen MR) is 118 cm³/mol. The average molecular weight is 451 g/mol. The van der Waals surface area contributed by atoms with Crippen molar-refractivity contribution in [1.82, 2.24) is 10.6 Å². The summed E-state index contributed by atoms with van der Waals surface area (Å²) in [6.45, 7) is 8.85. The van der Waals surface area contributed by atoms with Gasteiger partial charge in [0.25, 0.3) is 0 Å². The SMILES string of the molecule is CC(C)C[C@H](NC(=O)OC(C)(C)C)C(=O)N[C@@H](CC(=O)O)C(=O)OCCc1ccccc1. The lowest BCUT2D eigenvalue weighted by molar-refractivity contribution is -0.151. The summed E-state index contributed by atoms with van der Waals surface area (Å²) in [5, 5.41) is 14.1. The first kappa shape index (κ1) is 26.9. The summed E-state index contributed by atoms with van der Waals surface area (Å²) in [7, 11) is 0. The van der Waals surface area contributed by atoms with Gasteiger partial charge < -0.3 is 25.2 Å². The van der Waals surface area contributed by atoms with Gasteiger partial charge in [-0.15, -0.1) is 0 Å². The van der Waals surface area contributed by atoms with Crippen LogP contribution in [-0.2, 0) is 30.3 Å². The number of carboxylic acids is 1. The molecule has 1 aromatic rings. The summed E-state index contributed by atoms with van der Waals surface area (Å²) in [5.41, 5.74) is 0.204. The van der Waals surface area contributed by atoms with E-state index in [2.05, 4.69) is 10.6 Å². The number of esters is 1. The van der Waals surface area contributed by atoms with Crippen molar-refractivity contribution >= 4 is 23.9 Å². The van der Waals surface area contributed by atoms with Crippen LogP contribution in [0.15, 0.2) is 30.3 Å². The minimum Gasteiger partial charge on any atom is -0.481 e. The summed E-state index contributed by atoms with van der Waals surface area (Å²) in [5.74, 6) is -2.76. The van der Waals surface area contributed by atoms with Gasteiger partial charge in [-0.05, 0) is 38.7 Å². The highest BCUT2D eigenvalue weighted by Gasteiger charge is 2.30. The van der Waals surface area contributed by atoms with Crippen molar-refractivity contribution in [3.05, 3.63) is 35.9 Å². The molecular formula is C23H34N2O7. The van der Waals surface area contributed by atoms with E-state index in [1.54, 1.807) is 20.8 Å². The zero-order valence-corrected chi connectivity index (χ0v) is 19.3. The average Bonchev–Trinajstić information content (AvgIpc) is 2.65. The molecule has 0 bridgehead atoms. The fraction of sp³-hybridized carbons (Fsp3) is 0.565. The number of carbonyl (C=O) groups excluding carboxylic acids is 3. The van der Waals surface area contributed by atoms with Crippen molar-refractivity contribution in [2.24, 2.45) is 5.92 Å². The van der Waals surface area contributed by atoms with Crippen molar-refractivity contribution < 1.29 is 33.8 Å². The summed E-state index contributed by atoms with van der Waals surface area (Å²) in [6, 6.07) is 6.96. The number of hydrogen-bond donors (Lipinski definition) is 3. The normalized spacial score (nSPS) is 13.1. The Bertz CT molecular complexity index is 772. The van der Waals surface area contributed by atoms with Gasteiger partial charge in [0.05, 0.1) is 13.0 Å². The van der Waals surface area contributed by atoms with Crippen LogP contribution in [0.3, 0.4) is 0 Å². The molecule has 0 aliphatic carbocycles. The van der Waals surface area contributed by atoms with E-state index < -0.39 is 48.0 Å². The lowest BCUT2D eigenvalue weighted by Gasteiger charge is -2.25. The van der Waals surface area contributed by atoms with E-state index in [0.29, 0.717) is 6.42 Å². The first-order valence-corrected chi connectivity index (χ1v) is 10.6. The molecule has 0 unspecified atom stereocenters. The molecular weight excluding hydrogens is 416 g/mol. The van der Waals surface area contributed by atoms with Crippen LogP contribution >= 0.6 is 0 Å². The number of amides is 2. The lowest BCUT2D eigenvalue weighted by Crippen LogP contribution is -2.53. The maximum Gasteiger partial charge on any atom is 0.408 e. The van der Waals surface area contributed by atoms with Crippen molar-refractivity contribution in [2.75, 3.05) is 6.61 Å². The molecule has 2 atom stereocenters. The van der Waals surface area contributed by atoms with E-state index in [9.17, 15) is 19.2 Å². The van der Waals surface area contributed by atoms with Crippen molar-refractivity contribution in [3.8, 4) is 0 Å². The Morgan fingerprint density at radius 1 is 1.00 bits per heavy atom. The molecule has 3 N–H and O–H groups in total. The Balaban J connectivity index is 2.78. The lowest BCUT2D eigenvalue weighted by atomic mass is 10.0. The molecule has 0 heterocycles. The Labute approximate surface area is 188 Å². The number of hydrogen-bond acceptors (Lipinski definition) is 6. The van der Waals surface area contributed by atoms with Gasteiger partial charge in [0.15, 0.2) is 0 Å². The van der Waals surface area contributed by atoms with Gasteiger partial charge in [0, 0.05) is 6.42 Å². The van der Waals surface area contributed by atoms with Crippen LogP contribution in [0.2, 0.25) is 0 Å². The molecule has 0 aliphatic heterocycles. The van der Waals surface area contributed by atoms with Crippen LogP contribution < -0.4 is 10.6 Å². The first-order valence-electron chi connectivity index (χ1n) is 10.6. The van der Waals surface area contributed by atoms with Gasteiger partial charge in [-0.25, -0.2) is 9.59 Å². The van der Waals surface area contributed by atoms with Gasteiger partial charge in [-0.3, -0.25) is 9.59 Å².